The Morgan fingerprint density at radius 2 is 2.25 bits per heavy atom. The predicted octanol–water partition coefficient (Wildman–Crippen LogP) is 2.85. The quantitative estimate of drug-likeness (QED) is 0.900. The first-order valence-electron chi connectivity index (χ1n) is 5.80. The lowest BCUT2D eigenvalue weighted by atomic mass is 10.0. The van der Waals surface area contributed by atoms with Crippen molar-refractivity contribution in [1.29, 1.82) is 0 Å². The average Bonchev–Trinajstić information content (AvgIpc) is 2.59. The van der Waals surface area contributed by atoms with Crippen LogP contribution in [0.15, 0.2) is 22.8 Å². The summed E-state index contributed by atoms with van der Waals surface area (Å²) in [4.78, 5) is 0. The van der Waals surface area contributed by atoms with E-state index in [1.54, 1.807) is 0 Å². The average molecular weight is 279 g/mol. The van der Waals surface area contributed by atoms with Crippen molar-refractivity contribution in [3.63, 3.8) is 0 Å². The Balaban J connectivity index is 2.31. The summed E-state index contributed by atoms with van der Waals surface area (Å²) in [6.07, 6.45) is 5.70. The highest BCUT2D eigenvalue weighted by Crippen LogP contribution is 2.32. The molecular formula is C13H15BrN2. The molecule has 0 amide bonds. The van der Waals surface area contributed by atoms with Gasteiger partial charge in [-0.3, -0.25) is 0 Å². The number of aromatic nitrogens is 1. The maximum Gasteiger partial charge on any atom is 0.0516 e. The monoisotopic (exact) mass is 278 g/mol. The van der Waals surface area contributed by atoms with Gasteiger partial charge < -0.3 is 10.3 Å². The highest BCUT2D eigenvalue weighted by atomic mass is 79.9. The van der Waals surface area contributed by atoms with Gasteiger partial charge >= 0.3 is 0 Å². The van der Waals surface area contributed by atoms with Gasteiger partial charge in [-0.15, -0.1) is 0 Å². The molecule has 1 aliphatic rings. The second-order valence-electron chi connectivity index (χ2n) is 4.45. The molecule has 2 nitrogen and oxygen atoms in total. The van der Waals surface area contributed by atoms with Gasteiger partial charge in [0.1, 0.15) is 0 Å². The second kappa shape index (κ2) is 3.90. The third-order valence-electron chi connectivity index (χ3n) is 3.36. The zero-order valence-corrected chi connectivity index (χ0v) is 10.8. The predicted molar refractivity (Wildman–Crippen MR) is 70.7 cm³/mol. The number of halogens is 1. The minimum absolute atomic E-state index is 0.723. The van der Waals surface area contributed by atoms with Crippen LogP contribution in [0.5, 0.6) is 0 Å². The molecular weight excluding hydrogens is 264 g/mol. The van der Waals surface area contributed by atoms with Crippen molar-refractivity contribution in [2.24, 2.45) is 5.73 Å². The molecule has 1 aromatic carbocycles. The first-order chi connectivity index (χ1) is 7.79. The molecule has 0 saturated heterocycles. The molecule has 1 aromatic heterocycles. The summed E-state index contributed by atoms with van der Waals surface area (Å²) in [6.45, 7) is 1.87. The normalized spacial score (nSPS) is 14.6. The molecule has 2 aromatic rings. The van der Waals surface area contributed by atoms with Gasteiger partial charge in [-0.2, -0.15) is 0 Å². The zero-order valence-electron chi connectivity index (χ0n) is 9.17. The number of rotatable bonds is 2. The van der Waals surface area contributed by atoms with E-state index >= 15 is 0 Å². The molecule has 0 bridgehead atoms. The lowest BCUT2D eigenvalue weighted by molar-refractivity contribution is 0.634. The van der Waals surface area contributed by atoms with Gasteiger partial charge in [-0.25, -0.2) is 0 Å². The first-order valence-corrected chi connectivity index (χ1v) is 6.59. The van der Waals surface area contributed by atoms with E-state index in [1.807, 2.05) is 0 Å². The molecule has 1 aliphatic heterocycles. The smallest absolute Gasteiger partial charge is 0.0516 e. The molecule has 0 atom stereocenters. The number of aryl methyl sites for hydroxylation is 2. The maximum atomic E-state index is 5.67. The van der Waals surface area contributed by atoms with E-state index in [0.717, 1.165) is 19.5 Å². The van der Waals surface area contributed by atoms with Crippen LogP contribution in [0.3, 0.4) is 0 Å². The van der Waals surface area contributed by atoms with E-state index in [9.17, 15) is 0 Å². The molecule has 3 rings (SSSR count). The van der Waals surface area contributed by atoms with Crippen LogP contribution in [-0.4, -0.2) is 11.1 Å². The van der Waals surface area contributed by atoms with Crippen LogP contribution in [-0.2, 0) is 19.4 Å². The fraction of sp³-hybridized carbons (Fsp3) is 0.385. The summed E-state index contributed by atoms with van der Waals surface area (Å²) < 4.78 is 3.58. The Labute approximate surface area is 104 Å². The molecule has 0 fully saturated rings. The molecule has 3 heteroatoms. The summed E-state index contributed by atoms with van der Waals surface area (Å²) in [6, 6.07) is 4.48. The number of nitrogens with two attached hydrogens (primary N) is 1. The van der Waals surface area contributed by atoms with Crippen molar-refractivity contribution >= 4 is 26.8 Å². The molecule has 16 heavy (non-hydrogen) atoms. The van der Waals surface area contributed by atoms with E-state index in [1.165, 1.54) is 39.3 Å². The minimum atomic E-state index is 0.723. The third kappa shape index (κ3) is 1.50. The van der Waals surface area contributed by atoms with E-state index in [0.29, 0.717) is 0 Å². The summed E-state index contributed by atoms with van der Waals surface area (Å²) in [5.41, 5.74) is 9.96. The van der Waals surface area contributed by atoms with Gasteiger partial charge in [0, 0.05) is 22.6 Å². The Hall–Kier alpha value is -0.800. The lowest BCUT2D eigenvalue weighted by Crippen LogP contribution is -2.06. The first kappa shape index (κ1) is 10.4. The molecule has 84 valence electrons. The summed E-state index contributed by atoms with van der Waals surface area (Å²) >= 11 is 3.60. The second-order valence-corrected chi connectivity index (χ2v) is 5.37. The van der Waals surface area contributed by atoms with Crippen LogP contribution in [0.25, 0.3) is 10.9 Å². The third-order valence-corrected chi connectivity index (χ3v) is 3.82. The molecule has 0 spiro atoms. The standard InChI is InChI=1S/C13H15BrN2/c14-11-6-9-2-1-5-16-8-10(3-4-15)12(7-11)13(9)16/h6-8H,1-5,15H2. The van der Waals surface area contributed by atoms with Crippen molar-refractivity contribution in [2.75, 3.05) is 6.54 Å². The fourth-order valence-corrected chi connectivity index (χ4v) is 3.23. The van der Waals surface area contributed by atoms with Crippen molar-refractivity contribution in [2.45, 2.75) is 25.8 Å². The Morgan fingerprint density at radius 3 is 3.06 bits per heavy atom. The van der Waals surface area contributed by atoms with Crippen molar-refractivity contribution in [3.05, 3.63) is 33.9 Å². The zero-order chi connectivity index (χ0) is 11.1. The number of benzene rings is 1. The number of hydrogen-bond acceptors (Lipinski definition) is 1. The van der Waals surface area contributed by atoms with Gasteiger partial charge in [0.25, 0.3) is 0 Å². The fourth-order valence-electron chi connectivity index (χ4n) is 2.72. The van der Waals surface area contributed by atoms with Gasteiger partial charge in [-0.05, 0) is 49.1 Å². The van der Waals surface area contributed by atoms with E-state index in [4.69, 9.17) is 5.73 Å². The molecule has 2 heterocycles. The molecule has 0 aliphatic carbocycles. The van der Waals surface area contributed by atoms with Crippen LogP contribution in [0.2, 0.25) is 0 Å². The van der Waals surface area contributed by atoms with Crippen molar-refractivity contribution in [1.82, 2.24) is 4.57 Å². The Bertz CT molecular complexity index is 542. The number of hydrogen-bond donors (Lipinski definition) is 1. The summed E-state index contributed by atoms with van der Waals surface area (Å²) in [5.74, 6) is 0. The van der Waals surface area contributed by atoms with Crippen molar-refractivity contribution < 1.29 is 0 Å². The topological polar surface area (TPSA) is 30.9 Å². The molecule has 0 saturated carbocycles. The van der Waals surface area contributed by atoms with Crippen LogP contribution in [0, 0.1) is 0 Å². The van der Waals surface area contributed by atoms with Gasteiger partial charge in [0.15, 0.2) is 0 Å². The van der Waals surface area contributed by atoms with Gasteiger partial charge in [0.05, 0.1) is 5.52 Å². The van der Waals surface area contributed by atoms with Crippen LogP contribution in [0.1, 0.15) is 17.5 Å². The summed E-state index contributed by atoms with van der Waals surface area (Å²) in [7, 11) is 0. The van der Waals surface area contributed by atoms with Gasteiger partial charge in [-0.1, -0.05) is 15.9 Å². The van der Waals surface area contributed by atoms with Crippen LogP contribution < -0.4 is 5.73 Å². The highest BCUT2D eigenvalue weighted by molar-refractivity contribution is 9.10. The van der Waals surface area contributed by atoms with E-state index in [-0.39, 0.29) is 0 Å². The Morgan fingerprint density at radius 1 is 1.38 bits per heavy atom. The molecule has 2 N–H and O–H groups in total. The molecule has 0 radical (unpaired) electrons. The maximum absolute atomic E-state index is 5.67. The summed E-state index contributed by atoms with van der Waals surface area (Å²) in [5, 5.41) is 1.38. The largest absolute Gasteiger partial charge is 0.347 e. The Kier molecular flexibility index (Phi) is 2.52. The van der Waals surface area contributed by atoms with Crippen LogP contribution >= 0.6 is 15.9 Å². The lowest BCUT2D eigenvalue weighted by Gasteiger charge is -2.15. The molecule has 0 unspecified atom stereocenters. The van der Waals surface area contributed by atoms with E-state index < -0.39 is 0 Å². The van der Waals surface area contributed by atoms with E-state index in [2.05, 4.69) is 38.8 Å². The van der Waals surface area contributed by atoms with Gasteiger partial charge in [0.2, 0.25) is 0 Å². The minimum Gasteiger partial charge on any atom is -0.347 e. The van der Waals surface area contributed by atoms with Crippen molar-refractivity contribution in [3.8, 4) is 0 Å². The SMILES string of the molecule is NCCc1cn2c3c(cc(Br)cc13)CCC2. The highest BCUT2D eigenvalue weighted by Gasteiger charge is 2.16. The number of nitrogens with zero attached hydrogens (tertiary/aromatic N) is 1. The van der Waals surface area contributed by atoms with Crippen LogP contribution in [0.4, 0.5) is 0 Å².